The van der Waals surface area contributed by atoms with Gasteiger partial charge in [-0.2, -0.15) is 9.57 Å². The summed E-state index contributed by atoms with van der Waals surface area (Å²) in [4.78, 5) is 14.3. The van der Waals surface area contributed by atoms with Crippen molar-refractivity contribution in [3.05, 3.63) is 42.0 Å². The van der Waals surface area contributed by atoms with Crippen LogP contribution in [0.15, 0.2) is 41.3 Å². The van der Waals surface area contributed by atoms with Crippen molar-refractivity contribution < 1.29 is 13.2 Å². The fraction of sp³-hybridized carbons (Fsp3) is 0.444. The first-order valence-corrected chi connectivity index (χ1v) is 9.89. The third-order valence-corrected chi connectivity index (χ3v) is 6.67. The predicted octanol–water partition coefficient (Wildman–Crippen LogP) is 1.75. The molecule has 1 fully saturated rings. The van der Waals surface area contributed by atoms with Gasteiger partial charge in [-0.05, 0) is 43.0 Å². The zero-order valence-electron chi connectivity index (χ0n) is 14.0. The second-order valence-electron chi connectivity index (χ2n) is 6.39. The quantitative estimate of drug-likeness (QED) is 0.767. The highest BCUT2D eigenvalue weighted by Crippen LogP contribution is 2.23. The van der Waals surface area contributed by atoms with Crippen LogP contribution >= 0.6 is 0 Å². The van der Waals surface area contributed by atoms with Gasteiger partial charge >= 0.3 is 0 Å². The lowest BCUT2D eigenvalue weighted by atomic mass is 10.0. The minimum atomic E-state index is -3.58. The van der Waals surface area contributed by atoms with Gasteiger partial charge in [0.25, 0.3) is 0 Å². The Morgan fingerprint density at radius 2 is 1.84 bits per heavy atom. The van der Waals surface area contributed by atoms with E-state index >= 15 is 0 Å². The number of allylic oxidation sites excluding steroid dienone is 2. The molecule has 6 nitrogen and oxygen atoms in total. The van der Waals surface area contributed by atoms with Crippen molar-refractivity contribution in [2.75, 3.05) is 26.2 Å². The van der Waals surface area contributed by atoms with Crippen LogP contribution in [0.1, 0.15) is 24.8 Å². The summed E-state index contributed by atoms with van der Waals surface area (Å²) in [5.74, 6) is 0.430. The summed E-state index contributed by atoms with van der Waals surface area (Å²) in [5, 5.41) is 8.81. The fourth-order valence-electron chi connectivity index (χ4n) is 3.25. The third kappa shape index (κ3) is 3.91. The molecule has 25 heavy (non-hydrogen) atoms. The molecular formula is C18H21N3O3S. The molecule has 132 valence electrons. The van der Waals surface area contributed by atoms with Gasteiger partial charge in [-0.1, -0.05) is 12.2 Å². The highest BCUT2D eigenvalue weighted by molar-refractivity contribution is 7.89. The van der Waals surface area contributed by atoms with Crippen molar-refractivity contribution >= 4 is 15.9 Å². The molecule has 1 saturated heterocycles. The molecule has 1 amide bonds. The molecule has 1 aliphatic heterocycles. The van der Waals surface area contributed by atoms with Crippen LogP contribution in [0.2, 0.25) is 0 Å². The second kappa shape index (κ2) is 7.38. The molecule has 1 aliphatic carbocycles. The Morgan fingerprint density at radius 3 is 2.40 bits per heavy atom. The number of nitriles is 1. The average molecular weight is 359 g/mol. The summed E-state index contributed by atoms with van der Waals surface area (Å²) in [5.41, 5.74) is 0.426. The molecule has 0 unspecified atom stereocenters. The van der Waals surface area contributed by atoms with E-state index < -0.39 is 10.0 Å². The summed E-state index contributed by atoms with van der Waals surface area (Å²) < 4.78 is 26.8. The molecule has 0 N–H and O–H groups in total. The lowest BCUT2D eigenvalue weighted by Crippen LogP contribution is -2.50. The number of amides is 1. The predicted molar refractivity (Wildman–Crippen MR) is 93.0 cm³/mol. The maximum Gasteiger partial charge on any atom is 0.243 e. The van der Waals surface area contributed by atoms with E-state index in [4.69, 9.17) is 5.26 Å². The molecule has 1 aromatic rings. The van der Waals surface area contributed by atoms with Gasteiger partial charge in [-0.3, -0.25) is 4.79 Å². The number of hydrogen-bond acceptors (Lipinski definition) is 4. The van der Waals surface area contributed by atoms with Gasteiger partial charge in [0, 0.05) is 32.6 Å². The van der Waals surface area contributed by atoms with Crippen molar-refractivity contribution in [2.24, 2.45) is 5.92 Å². The lowest BCUT2D eigenvalue weighted by Gasteiger charge is -2.34. The van der Waals surface area contributed by atoms with Crippen LogP contribution in [-0.2, 0) is 14.8 Å². The van der Waals surface area contributed by atoms with E-state index in [0.717, 1.165) is 12.8 Å². The monoisotopic (exact) mass is 359 g/mol. The molecule has 2 aliphatic rings. The number of carbonyl (C=O) groups is 1. The highest BCUT2D eigenvalue weighted by Gasteiger charge is 2.30. The van der Waals surface area contributed by atoms with E-state index in [0.29, 0.717) is 44.1 Å². The van der Waals surface area contributed by atoms with Crippen molar-refractivity contribution in [1.29, 1.82) is 5.26 Å². The first-order chi connectivity index (χ1) is 12.0. The molecule has 0 saturated carbocycles. The van der Waals surface area contributed by atoms with E-state index in [2.05, 4.69) is 12.2 Å². The lowest BCUT2D eigenvalue weighted by molar-refractivity contribution is -0.133. The van der Waals surface area contributed by atoms with Gasteiger partial charge in [0.05, 0.1) is 16.5 Å². The van der Waals surface area contributed by atoms with E-state index in [9.17, 15) is 13.2 Å². The smallest absolute Gasteiger partial charge is 0.243 e. The number of piperazine rings is 1. The molecule has 3 rings (SSSR count). The average Bonchev–Trinajstić information content (AvgIpc) is 3.15. The van der Waals surface area contributed by atoms with Gasteiger partial charge in [0.15, 0.2) is 0 Å². The third-order valence-electron chi connectivity index (χ3n) is 4.76. The Kier molecular flexibility index (Phi) is 5.21. The maximum atomic E-state index is 12.7. The topological polar surface area (TPSA) is 81.5 Å². The van der Waals surface area contributed by atoms with Gasteiger partial charge in [0.2, 0.25) is 15.9 Å². The van der Waals surface area contributed by atoms with Crippen LogP contribution in [0.4, 0.5) is 0 Å². The molecule has 1 atom stereocenters. The Bertz CT molecular complexity index is 801. The second-order valence-corrected chi connectivity index (χ2v) is 8.33. The van der Waals surface area contributed by atoms with Crippen LogP contribution < -0.4 is 0 Å². The minimum Gasteiger partial charge on any atom is -0.340 e. The molecule has 1 aromatic carbocycles. The van der Waals surface area contributed by atoms with E-state index in [1.54, 1.807) is 4.90 Å². The van der Waals surface area contributed by atoms with Gasteiger partial charge in [-0.15, -0.1) is 0 Å². The first-order valence-electron chi connectivity index (χ1n) is 8.45. The van der Waals surface area contributed by atoms with Gasteiger partial charge < -0.3 is 4.90 Å². The van der Waals surface area contributed by atoms with E-state index in [-0.39, 0.29) is 10.8 Å². The van der Waals surface area contributed by atoms with Gasteiger partial charge in [-0.25, -0.2) is 8.42 Å². The number of sulfonamides is 1. The number of carbonyl (C=O) groups excluding carboxylic acids is 1. The Hall–Kier alpha value is -2.17. The molecule has 0 bridgehead atoms. The largest absolute Gasteiger partial charge is 0.340 e. The summed E-state index contributed by atoms with van der Waals surface area (Å²) >= 11 is 0. The van der Waals surface area contributed by atoms with Gasteiger partial charge in [0.1, 0.15) is 0 Å². The van der Waals surface area contributed by atoms with Crippen molar-refractivity contribution in [3.8, 4) is 6.07 Å². The van der Waals surface area contributed by atoms with Crippen molar-refractivity contribution in [1.82, 2.24) is 9.21 Å². The summed E-state index contributed by atoms with van der Waals surface area (Å²) in [6.45, 7) is 1.44. The zero-order valence-corrected chi connectivity index (χ0v) is 14.8. The van der Waals surface area contributed by atoms with E-state index in [1.807, 2.05) is 6.07 Å². The standard InChI is InChI=1S/C18H21N3O3S/c19-14-16-5-7-17(8-6-16)25(23,24)21-11-9-20(10-12-21)18(22)13-15-3-1-2-4-15/h1,3,5-8,15H,2,4,9-13H2/t15-/m1/s1. The number of rotatable bonds is 4. The van der Waals surface area contributed by atoms with Crippen LogP contribution in [0.3, 0.4) is 0 Å². The summed E-state index contributed by atoms with van der Waals surface area (Å²) in [7, 11) is -3.58. The number of nitrogens with zero attached hydrogens (tertiary/aromatic N) is 3. The Morgan fingerprint density at radius 1 is 1.16 bits per heavy atom. The Labute approximate surface area is 148 Å². The van der Waals surface area contributed by atoms with Crippen molar-refractivity contribution in [2.45, 2.75) is 24.2 Å². The molecular weight excluding hydrogens is 338 g/mol. The number of benzene rings is 1. The van der Waals surface area contributed by atoms with Crippen LogP contribution in [-0.4, -0.2) is 49.7 Å². The normalized spacial score (nSPS) is 21.2. The van der Waals surface area contributed by atoms with Crippen LogP contribution in [0.5, 0.6) is 0 Å². The highest BCUT2D eigenvalue weighted by atomic mass is 32.2. The fourth-order valence-corrected chi connectivity index (χ4v) is 4.67. The SMILES string of the molecule is N#Cc1ccc(S(=O)(=O)N2CCN(C(=O)C[C@@H]3C=CCC3)CC2)cc1. The molecule has 7 heteroatoms. The first kappa shape index (κ1) is 17.6. The molecule has 0 aromatic heterocycles. The van der Waals surface area contributed by atoms with Crippen LogP contribution in [0, 0.1) is 17.2 Å². The zero-order chi connectivity index (χ0) is 17.9. The molecule has 0 radical (unpaired) electrons. The van der Waals surface area contributed by atoms with Crippen LogP contribution in [0.25, 0.3) is 0 Å². The minimum absolute atomic E-state index is 0.104. The summed E-state index contributed by atoms with van der Waals surface area (Å²) in [6, 6.07) is 7.89. The Balaban J connectivity index is 1.59. The number of hydrogen-bond donors (Lipinski definition) is 0. The van der Waals surface area contributed by atoms with Crippen molar-refractivity contribution in [3.63, 3.8) is 0 Å². The van der Waals surface area contributed by atoms with E-state index in [1.165, 1.54) is 28.6 Å². The maximum absolute atomic E-state index is 12.7. The summed E-state index contributed by atoms with van der Waals surface area (Å²) in [6.07, 6.45) is 6.79. The molecule has 0 spiro atoms. The molecule has 1 heterocycles.